The van der Waals surface area contributed by atoms with Crippen molar-refractivity contribution < 1.29 is 27.5 Å². The van der Waals surface area contributed by atoms with Crippen LogP contribution < -0.4 is 10.1 Å². The quantitative estimate of drug-likeness (QED) is 0.684. The highest BCUT2D eigenvalue weighted by Crippen LogP contribution is 2.27. The summed E-state index contributed by atoms with van der Waals surface area (Å²) in [5.74, 6) is -1.10. The van der Waals surface area contributed by atoms with E-state index in [1.54, 1.807) is 0 Å². The van der Waals surface area contributed by atoms with Crippen molar-refractivity contribution >= 4 is 21.9 Å². The number of nitrogens with one attached hydrogen (secondary N) is 1. The summed E-state index contributed by atoms with van der Waals surface area (Å²) in [5, 5.41) is 2.62. The summed E-state index contributed by atoms with van der Waals surface area (Å²) >= 11 is 0. The van der Waals surface area contributed by atoms with Gasteiger partial charge in [0.05, 0.1) is 12.7 Å². The predicted molar refractivity (Wildman–Crippen MR) is 92.0 cm³/mol. The molecule has 0 fully saturated rings. The first-order chi connectivity index (χ1) is 11.6. The molecule has 1 atom stereocenters. The molecule has 0 aliphatic heterocycles. The maximum atomic E-state index is 12.4. The van der Waals surface area contributed by atoms with E-state index in [4.69, 9.17) is 9.47 Å². The Kier molecular flexibility index (Phi) is 7.38. The summed E-state index contributed by atoms with van der Waals surface area (Å²) in [6, 6.07) is 3.93. The van der Waals surface area contributed by atoms with Crippen molar-refractivity contribution in [1.82, 2.24) is 9.62 Å². The first kappa shape index (κ1) is 20.9. The average Bonchev–Trinajstić information content (AvgIpc) is 2.58. The molecule has 140 valence electrons. The summed E-state index contributed by atoms with van der Waals surface area (Å²) in [6.07, 6.45) is -0.230. The number of hydrogen-bond donors (Lipinski definition) is 1. The van der Waals surface area contributed by atoms with Gasteiger partial charge in [-0.15, -0.1) is 0 Å². The number of methoxy groups -OCH3 is 1. The highest BCUT2D eigenvalue weighted by molar-refractivity contribution is 7.89. The SMILES string of the molecule is CCCNC(=O)[C@H](C)OC(=O)c1ccc(OC)c(S(=O)(=O)N(C)C)c1. The number of carbonyl (C=O) groups is 2. The van der Waals surface area contributed by atoms with Crippen LogP contribution in [0.5, 0.6) is 5.75 Å². The third-order valence-electron chi connectivity index (χ3n) is 3.36. The number of amides is 1. The summed E-state index contributed by atoms with van der Waals surface area (Å²) in [7, 11) is 0.274. The number of carbonyl (C=O) groups excluding carboxylic acids is 2. The van der Waals surface area contributed by atoms with Crippen LogP contribution in [0, 0.1) is 0 Å². The molecule has 0 unspecified atom stereocenters. The molecule has 0 bridgehead atoms. The number of nitrogens with zero attached hydrogens (tertiary/aromatic N) is 1. The predicted octanol–water partition coefficient (Wildman–Crippen LogP) is 1.02. The fourth-order valence-electron chi connectivity index (χ4n) is 1.88. The van der Waals surface area contributed by atoms with Gasteiger partial charge < -0.3 is 14.8 Å². The lowest BCUT2D eigenvalue weighted by molar-refractivity contribution is -0.129. The normalized spacial score (nSPS) is 12.6. The van der Waals surface area contributed by atoms with Gasteiger partial charge >= 0.3 is 5.97 Å². The number of hydrogen-bond acceptors (Lipinski definition) is 6. The molecule has 0 aliphatic carbocycles. The van der Waals surface area contributed by atoms with Crippen LogP contribution in [-0.2, 0) is 19.6 Å². The van der Waals surface area contributed by atoms with Crippen LogP contribution in [0.1, 0.15) is 30.6 Å². The van der Waals surface area contributed by atoms with Gasteiger partial charge in [-0.25, -0.2) is 17.5 Å². The smallest absolute Gasteiger partial charge is 0.338 e. The van der Waals surface area contributed by atoms with E-state index in [2.05, 4.69) is 5.32 Å². The van der Waals surface area contributed by atoms with Gasteiger partial charge in [0.15, 0.2) is 6.10 Å². The zero-order valence-corrected chi connectivity index (χ0v) is 15.8. The molecule has 9 heteroatoms. The van der Waals surface area contributed by atoms with Crippen LogP contribution >= 0.6 is 0 Å². The van der Waals surface area contributed by atoms with Gasteiger partial charge in [-0.3, -0.25) is 4.79 Å². The third kappa shape index (κ3) is 5.17. The van der Waals surface area contributed by atoms with Crippen molar-refractivity contribution in [3.63, 3.8) is 0 Å². The number of rotatable bonds is 8. The average molecular weight is 372 g/mol. The number of sulfonamides is 1. The Labute approximate surface area is 148 Å². The Bertz CT molecular complexity index is 730. The van der Waals surface area contributed by atoms with Gasteiger partial charge in [0.25, 0.3) is 5.91 Å². The summed E-state index contributed by atoms with van der Waals surface area (Å²) in [5.41, 5.74) is 0.0105. The van der Waals surface area contributed by atoms with Crippen molar-refractivity contribution in [2.45, 2.75) is 31.3 Å². The second-order valence-electron chi connectivity index (χ2n) is 5.49. The van der Waals surface area contributed by atoms with E-state index in [-0.39, 0.29) is 16.2 Å². The largest absolute Gasteiger partial charge is 0.495 e. The molecule has 0 saturated carbocycles. The molecule has 8 nitrogen and oxygen atoms in total. The topological polar surface area (TPSA) is 102 Å². The molecule has 1 aromatic carbocycles. The molecule has 0 radical (unpaired) electrons. The summed E-state index contributed by atoms with van der Waals surface area (Å²) in [6.45, 7) is 3.83. The van der Waals surface area contributed by atoms with E-state index in [0.29, 0.717) is 6.54 Å². The zero-order chi connectivity index (χ0) is 19.2. The van der Waals surface area contributed by atoms with E-state index in [1.807, 2.05) is 6.92 Å². The molecule has 0 aliphatic rings. The minimum Gasteiger partial charge on any atom is -0.495 e. The fraction of sp³-hybridized carbons (Fsp3) is 0.500. The van der Waals surface area contributed by atoms with Gasteiger partial charge in [0.2, 0.25) is 10.0 Å². The third-order valence-corrected chi connectivity index (χ3v) is 5.20. The molecule has 1 rings (SSSR count). The van der Waals surface area contributed by atoms with Crippen molar-refractivity contribution in [3.8, 4) is 5.75 Å². The van der Waals surface area contributed by atoms with Crippen molar-refractivity contribution in [2.75, 3.05) is 27.7 Å². The Balaban J connectivity index is 3.07. The van der Waals surface area contributed by atoms with Gasteiger partial charge in [-0.2, -0.15) is 0 Å². The first-order valence-electron chi connectivity index (χ1n) is 7.74. The highest BCUT2D eigenvalue weighted by Gasteiger charge is 2.25. The number of ether oxygens (including phenoxy) is 2. The van der Waals surface area contributed by atoms with Crippen LogP contribution in [0.4, 0.5) is 0 Å². The molecule has 0 saturated heterocycles. The zero-order valence-electron chi connectivity index (χ0n) is 15.0. The number of esters is 1. The lowest BCUT2D eigenvalue weighted by atomic mass is 10.2. The highest BCUT2D eigenvalue weighted by atomic mass is 32.2. The number of benzene rings is 1. The van der Waals surface area contributed by atoms with Gasteiger partial charge in [0, 0.05) is 20.6 Å². The standard InChI is InChI=1S/C16H24N2O6S/c1-6-9-17-15(19)11(2)24-16(20)12-7-8-13(23-5)14(10-12)25(21,22)18(3)4/h7-8,10-11H,6,9H2,1-5H3,(H,17,19)/t11-/m0/s1. The van der Waals surface area contributed by atoms with Crippen LogP contribution in [0.2, 0.25) is 0 Å². The van der Waals surface area contributed by atoms with E-state index in [1.165, 1.54) is 46.3 Å². The minimum atomic E-state index is -3.81. The van der Waals surface area contributed by atoms with Gasteiger partial charge in [0.1, 0.15) is 10.6 Å². The molecule has 1 amide bonds. The van der Waals surface area contributed by atoms with Crippen LogP contribution in [0.15, 0.2) is 23.1 Å². The van der Waals surface area contributed by atoms with Crippen molar-refractivity contribution in [2.24, 2.45) is 0 Å². The van der Waals surface area contributed by atoms with Crippen molar-refractivity contribution in [3.05, 3.63) is 23.8 Å². The lowest BCUT2D eigenvalue weighted by Gasteiger charge is -2.16. The van der Waals surface area contributed by atoms with E-state index < -0.39 is 28.0 Å². The van der Waals surface area contributed by atoms with E-state index in [0.717, 1.165) is 10.7 Å². The summed E-state index contributed by atoms with van der Waals surface area (Å²) < 4.78 is 35.9. The van der Waals surface area contributed by atoms with E-state index >= 15 is 0 Å². The minimum absolute atomic E-state index is 0.0105. The van der Waals surface area contributed by atoms with E-state index in [9.17, 15) is 18.0 Å². The first-order valence-corrected chi connectivity index (χ1v) is 9.18. The van der Waals surface area contributed by atoms with Crippen molar-refractivity contribution in [1.29, 1.82) is 0 Å². The Morgan fingerprint density at radius 1 is 1.28 bits per heavy atom. The molecule has 25 heavy (non-hydrogen) atoms. The molecule has 0 spiro atoms. The van der Waals surface area contributed by atoms with Crippen LogP contribution in [-0.4, -0.2) is 58.5 Å². The molecule has 1 N–H and O–H groups in total. The van der Waals surface area contributed by atoms with Gasteiger partial charge in [-0.1, -0.05) is 6.92 Å². The molecule has 0 aromatic heterocycles. The Morgan fingerprint density at radius 3 is 2.44 bits per heavy atom. The molecular weight excluding hydrogens is 348 g/mol. The monoisotopic (exact) mass is 372 g/mol. The molecule has 0 heterocycles. The Hall–Kier alpha value is -2.13. The van der Waals surface area contributed by atoms with Crippen LogP contribution in [0.25, 0.3) is 0 Å². The molecular formula is C16H24N2O6S. The van der Waals surface area contributed by atoms with Crippen LogP contribution in [0.3, 0.4) is 0 Å². The second kappa shape index (κ2) is 8.82. The second-order valence-corrected chi connectivity index (χ2v) is 7.61. The maximum Gasteiger partial charge on any atom is 0.338 e. The Morgan fingerprint density at radius 2 is 1.92 bits per heavy atom. The lowest BCUT2D eigenvalue weighted by Crippen LogP contribution is -2.36. The maximum absolute atomic E-state index is 12.4. The summed E-state index contributed by atoms with van der Waals surface area (Å²) in [4.78, 5) is 23.8. The van der Waals surface area contributed by atoms with Gasteiger partial charge in [-0.05, 0) is 31.5 Å². The molecule has 1 aromatic rings. The fourth-order valence-corrected chi connectivity index (χ4v) is 2.95.